The molecule has 0 unspecified atom stereocenters. The van der Waals surface area contributed by atoms with E-state index < -0.39 is 0 Å². The van der Waals surface area contributed by atoms with Crippen molar-refractivity contribution >= 4 is 10.9 Å². The van der Waals surface area contributed by atoms with Crippen molar-refractivity contribution in [1.82, 2.24) is 9.67 Å². The van der Waals surface area contributed by atoms with E-state index in [4.69, 9.17) is 0 Å². The third-order valence-electron chi connectivity index (χ3n) is 3.73. The number of fused-ring (bicyclic) bond motifs is 1. The van der Waals surface area contributed by atoms with Crippen LogP contribution in [0.5, 0.6) is 0 Å². The number of rotatable bonds is 2. The monoisotopic (exact) mass is 266 g/mol. The first-order valence-corrected chi connectivity index (χ1v) is 7.01. The van der Waals surface area contributed by atoms with Crippen LogP contribution in [0.3, 0.4) is 0 Å². The number of hydrogen-bond acceptors (Lipinski definition) is 1. The predicted octanol–water partition coefficient (Wildman–Crippen LogP) is 3.28. The van der Waals surface area contributed by atoms with Crippen molar-refractivity contribution in [3.8, 4) is 5.69 Å². The van der Waals surface area contributed by atoms with E-state index in [0.717, 1.165) is 11.4 Å². The highest BCUT2D eigenvalue weighted by Crippen LogP contribution is 2.21. The molecular formula is C17H20N3+. The Morgan fingerprint density at radius 3 is 2.65 bits per heavy atom. The summed E-state index contributed by atoms with van der Waals surface area (Å²) in [5, 5.41) is 1.24. The van der Waals surface area contributed by atoms with Gasteiger partial charge < -0.3 is 0 Å². The molecule has 0 amide bonds. The maximum absolute atomic E-state index is 4.61. The molecule has 0 radical (unpaired) electrons. The lowest BCUT2D eigenvalue weighted by molar-refractivity contribution is -0.741. The summed E-state index contributed by atoms with van der Waals surface area (Å²) in [6, 6.07) is 10.6. The summed E-state index contributed by atoms with van der Waals surface area (Å²) in [5.74, 6) is 0.456. The van der Waals surface area contributed by atoms with Gasteiger partial charge in [-0.3, -0.25) is 4.98 Å². The van der Waals surface area contributed by atoms with Crippen LogP contribution in [0.4, 0.5) is 0 Å². The van der Waals surface area contributed by atoms with E-state index in [2.05, 4.69) is 78.7 Å². The van der Waals surface area contributed by atoms with Crippen LogP contribution in [-0.2, 0) is 7.05 Å². The van der Waals surface area contributed by atoms with Crippen molar-refractivity contribution in [1.29, 1.82) is 0 Å². The third-order valence-corrected chi connectivity index (χ3v) is 3.73. The molecule has 0 fully saturated rings. The van der Waals surface area contributed by atoms with Crippen LogP contribution >= 0.6 is 0 Å². The van der Waals surface area contributed by atoms with Crippen LogP contribution in [0.15, 0.2) is 42.7 Å². The number of benzene rings is 1. The highest BCUT2D eigenvalue weighted by atomic mass is 15.4. The summed E-state index contributed by atoms with van der Waals surface area (Å²) in [7, 11) is 2.07. The van der Waals surface area contributed by atoms with Crippen LogP contribution in [0.2, 0.25) is 0 Å². The molecule has 0 aliphatic carbocycles. The number of hydrogen-bond donors (Lipinski definition) is 0. The van der Waals surface area contributed by atoms with Crippen LogP contribution in [0.25, 0.3) is 16.6 Å². The Morgan fingerprint density at radius 2 is 1.95 bits per heavy atom. The van der Waals surface area contributed by atoms with Gasteiger partial charge in [-0.05, 0) is 36.6 Å². The van der Waals surface area contributed by atoms with E-state index in [1.54, 1.807) is 0 Å². The first-order chi connectivity index (χ1) is 9.58. The highest BCUT2D eigenvalue weighted by Gasteiger charge is 2.16. The first kappa shape index (κ1) is 12.9. The average Bonchev–Trinajstić information content (AvgIpc) is 2.74. The molecule has 0 atom stereocenters. The minimum absolute atomic E-state index is 0.456. The quantitative estimate of drug-likeness (QED) is 0.652. The van der Waals surface area contributed by atoms with Crippen LogP contribution in [-0.4, -0.2) is 9.67 Å². The van der Waals surface area contributed by atoms with Crippen molar-refractivity contribution in [2.45, 2.75) is 26.7 Å². The Bertz CT molecular complexity index is 769. The molecule has 2 heterocycles. The molecule has 3 nitrogen and oxygen atoms in total. The summed E-state index contributed by atoms with van der Waals surface area (Å²) in [5.41, 5.74) is 4.74. The molecule has 0 aliphatic heterocycles. The number of aromatic nitrogens is 3. The Balaban J connectivity index is 2.23. The SMILES string of the molecule is Cc1cc(C(C)C)ncc1-n1c2ccccc2c[n+]1C. The summed E-state index contributed by atoms with van der Waals surface area (Å²) < 4.78 is 4.32. The first-order valence-electron chi connectivity index (χ1n) is 7.01. The minimum Gasteiger partial charge on any atom is -0.259 e. The van der Waals surface area contributed by atoms with Crippen LogP contribution < -0.4 is 4.68 Å². The van der Waals surface area contributed by atoms with Gasteiger partial charge >= 0.3 is 0 Å². The second kappa shape index (κ2) is 4.75. The zero-order valence-electron chi connectivity index (χ0n) is 12.5. The molecule has 3 rings (SSSR count). The number of aryl methyl sites for hydroxylation is 2. The maximum atomic E-state index is 4.61. The highest BCUT2D eigenvalue weighted by molar-refractivity contribution is 5.79. The normalized spacial score (nSPS) is 11.4. The summed E-state index contributed by atoms with van der Waals surface area (Å²) >= 11 is 0. The third kappa shape index (κ3) is 1.99. The fraction of sp³-hybridized carbons (Fsp3) is 0.294. The van der Waals surface area contributed by atoms with Gasteiger partial charge in [-0.15, -0.1) is 9.36 Å². The molecule has 3 heteroatoms. The minimum atomic E-state index is 0.456. The number of para-hydroxylation sites is 1. The molecule has 1 aromatic carbocycles. The molecular weight excluding hydrogens is 246 g/mol. The largest absolute Gasteiger partial charge is 0.259 e. The maximum Gasteiger partial charge on any atom is 0.203 e. The van der Waals surface area contributed by atoms with Crippen molar-refractivity contribution in [2.75, 3.05) is 0 Å². The fourth-order valence-corrected chi connectivity index (χ4v) is 2.63. The zero-order chi connectivity index (χ0) is 14.3. The smallest absolute Gasteiger partial charge is 0.203 e. The van der Waals surface area contributed by atoms with E-state index >= 15 is 0 Å². The fourth-order valence-electron chi connectivity index (χ4n) is 2.63. The molecule has 0 saturated carbocycles. The second-order valence-electron chi connectivity index (χ2n) is 5.62. The van der Waals surface area contributed by atoms with Crippen molar-refractivity contribution in [3.05, 3.63) is 54.0 Å². The predicted molar refractivity (Wildman–Crippen MR) is 81.1 cm³/mol. The Labute approximate surface area is 119 Å². The molecule has 2 aromatic heterocycles. The molecule has 0 aliphatic rings. The molecule has 20 heavy (non-hydrogen) atoms. The zero-order valence-corrected chi connectivity index (χ0v) is 12.5. The summed E-state index contributed by atoms with van der Waals surface area (Å²) in [6.07, 6.45) is 4.13. The molecule has 0 saturated heterocycles. The molecule has 0 spiro atoms. The van der Waals surface area contributed by atoms with Gasteiger partial charge in [-0.25, -0.2) is 0 Å². The van der Waals surface area contributed by atoms with E-state index in [0.29, 0.717) is 5.92 Å². The number of nitrogens with zero attached hydrogens (tertiary/aromatic N) is 3. The Morgan fingerprint density at radius 1 is 1.20 bits per heavy atom. The molecule has 102 valence electrons. The van der Waals surface area contributed by atoms with Crippen molar-refractivity contribution in [2.24, 2.45) is 7.05 Å². The molecule has 0 N–H and O–H groups in total. The van der Waals surface area contributed by atoms with Crippen molar-refractivity contribution < 1.29 is 4.68 Å². The van der Waals surface area contributed by atoms with Gasteiger partial charge in [0, 0.05) is 5.69 Å². The lowest BCUT2D eigenvalue weighted by Crippen LogP contribution is -2.37. The van der Waals surface area contributed by atoms with Crippen molar-refractivity contribution in [3.63, 3.8) is 0 Å². The lowest BCUT2D eigenvalue weighted by Gasteiger charge is -2.09. The topological polar surface area (TPSA) is 21.7 Å². The number of pyridine rings is 1. The Kier molecular flexibility index (Phi) is 3.05. The van der Waals surface area contributed by atoms with E-state index in [1.807, 2.05) is 6.20 Å². The lowest BCUT2D eigenvalue weighted by atomic mass is 10.1. The Hall–Kier alpha value is -2.16. The second-order valence-corrected chi connectivity index (χ2v) is 5.62. The van der Waals surface area contributed by atoms with Gasteiger partial charge in [-0.2, -0.15) is 0 Å². The summed E-state index contributed by atoms with van der Waals surface area (Å²) in [6.45, 7) is 6.50. The van der Waals surface area contributed by atoms with E-state index in [9.17, 15) is 0 Å². The standard InChI is InChI=1S/C17H20N3/c1-12(2)15-9-13(3)17(10-18-15)20-16-8-6-5-7-14(16)11-19(20)4/h5-12H,1-4H3/q+1. The molecule has 0 bridgehead atoms. The molecule has 3 aromatic rings. The van der Waals surface area contributed by atoms with Gasteiger partial charge in [0.1, 0.15) is 11.2 Å². The van der Waals surface area contributed by atoms with Gasteiger partial charge in [0.15, 0.2) is 7.05 Å². The van der Waals surface area contributed by atoms with Crippen LogP contribution in [0, 0.1) is 6.92 Å². The van der Waals surface area contributed by atoms with Gasteiger partial charge in [-0.1, -0.05) is 26.0 Å². The average molecular weight is 266 g/mol. The van der Waals surface area contributed by atoms with Gasteiger partial charge in [0.05, 0.1) is 11.6 Å². The van der Waals surface area contributed by atoms with E-state index in [-0.39, 0.29) is 0 Å². The summed E-state index contributed by atoms with van der Waals surface area (Å²) in [4.78, 5) is 4.61. The van der Waals surface area contributed by atoms with Crippen LogP contribution in [0.1, 0.15) is 31.0 Å². The van der Waals surface area contributed by atoms with Gasteiger partial charge in [0.2, 0.25) is 6.20 Å². The van der Waals surface area contributed by atoms with Gasteiger partial charge in [0.25, 0.3) is 0 Å². The van der Waals surface area contributed by atoms with E-state index in [1.165, 1.54) is 16.5 Å².